The number of aryl methyl sites for hydroxylation is 3. The highest BCUT2D eigenvalue weighted by Gasteiger charge is 2.16. The fourth-order valence-electron chi connectivity index (χ4n) is 2.66. The predicted molar refractivity (Wildman–Crippen MR) is 105 cm³/mol. The maximum Gasteiger partial charge on any atom is 0.230 e. The van der Waals surface area contributed by atoms with Crippen molar-refractivity contribution in [2.75, 3.05) is 5.75 Å². The number of hydrogen-bond donors (Lipinski definition) is 1. The number of amides is 1. The fourth-order valence-corrected chi connectivity index (χ4v) is 4.74. The summed E-state index contributed by atoms with van der Waals surface area (Å²) in [6.45, 7) is 8.08. The Balaban J connectivity index is 1.71. The summed E-state index contributed by atoms with van der Waals surface area (Å²) in [4.78, 5) is 23.7. The van der Waals surface area contributed by atoms with Crippen LogP contribution in [0, 0.1) is 20.8 Å². The first-order chi connectivity index (χ1) is 12.0. The van der Waals surface area contributed by atoms with E-state index in [-0.39, 0.29) is 11.9 Å². The van der Waals surface area contributed by atoms with Crippen molar-refractivity contribution in [3.05, 3.63) is 52.2 Å². The van der Waals surface area contributed by atoms with Gasteiger partial charge < -0.3 is 5.32 Å². The van der Waals surface area contributed by atoms with Gasteiger partial charge in [0.05, 0.1) is 11.8 Å². The van der Waals surface area contributed by atoms with Crippen molar-refractivity contribution in [2.45, 2.75) is 38.8 Å². The van der Waals surface area contributed by atoms with Gasteiger partial charge in [0.15, 0.2) is 0 Å². The molecule has 1 atom stereocenters. The maximum atomic E-state index is 12.3. The Labute approximate surface area is 156 Å². The highest BCUT2D eigenvalue weighted by atomic mass is 32.2. The quantitative estimate of drug-likeness (QED) is 0.527. The summed E-state index contributed by atoms with van der Waals surface area (Å²) in [5.74, 6) is 1.10. The number of nitrogens with zero attached hydrogens (tertiary/aromatic N) is 2. The molecule has 6 heteroatoms. The number of rotatable bonds is 5. The summed E-state index contributed by atoms with van der Waals surface area (Å²) in [7, 11) is 0. The van der Waals surface area contributed by atoms with Crippen LogP contribution in [0.25, 0.3) is 10.2 Å². The van der Waals surface area contributed by atoms with Crippen molar-refractivity contribution in [1.82, 2.24) is 15.3 Å². The van der Waals surface area contributed by atoms with Gasteiger partial charge in [-0.2, -0.15) is 0 Å². The molecule has 2 heterocycles. The molecule has 0 saturated heterocycles. The van der Waals surface area contributed by atoms with Gasteiger partial charge in [-0.25, -0.2) is 9.97 Å². The highest BCUT2D eigenvalue weighted by molar-refractivity contribution is 8.00. The van der Waals surface area contributed by atoms with Crippen molar-refractivity contribution in [3.63, 3.8) is 0 Å². The van der Waals surface area contributed by atoms with Gasteiger partial charge in [0.25, 0.3) is 0 Å². The van der Waals surface area contributed by atoms with Gasteiger partial charge in [-0.1, -0.05) is 42.1 Å². The zero-order valence-corrected chi connectivity index (χ0v) is 16.4. The second-order valence-corrected chi connectivity index (χ2v) is 8.20. The first-order valence-corrected chi connectivity index (χ1v) is 9.97. The molecule has 130 valence electrons. The van der Waals surface area contributed by atoms with Gasteiger partial charge >= 0.3 is 0 Å². The number of fused-ring (bicyclic) bond motifs is 1. The molecule has 1 aromatic carbocycles. The van der Waals surface area contributed by atoms with E-state index in [1.807, 2.05) is 44.2 Å². The second kappa shape index (κ2) is 7.54. The van der Waals surface area contributed by atoms with E-state index in [0.29, 0.717) is 5.75 Å². The Hall–Kier alpha value is -1.92. The lowest BCUT2D eigenvalue weighted by Gasteiger charge is -2.14. The summed E-state index contributed by atoms with van der Waals surface area (Å²) in [6, 6.07) is 9.97. The minimum atomic E-state index is -0.00779. The lowest BCUT2D eigenvalue weighted by molar-refractivity contribution is -0.119. The standard InChI is InChI=1S/C19H21N3OS2/c1-11-13(3)25-19-17(11)18(21-14(4)22-19)24-10-16(23)20-12(2)15-8-6-5-7-9-15/h5-9,12H,10H2,1-4H3,(H,20,23). The predicted octanol–water partition coefficient (Wildman–Crippen LogP) is 4.59. The van der Waals surface area contributed by atoms with Crippen molar-refractivity contribution in [2.24, 2.45) is 0 Å². The van der Waals surface area contributed by atoms with E-state index in [2.05, 4.69) is 29.1 Å². The van der Waals surface area contributed by atoms with Gasteiger partial charge in [0.1, 0.15) is 15.7 Å². The molecule has 1 N–H and O–H groups in total. The number of nitrogens with one attached hydrogen (secondary N) is 1. The Morgan fingerprint density at radius 1 is 1.20 bits per heavy atom. The second-order valence-electron chi connectivity index (χ2n) is 6.03. The third kappa shape index (κ3) is 4.02. The van der Waals surface area contributed by atoms with Crippen molar-refractivity contribution in [3.8, 4) is 0 Å². The van der Waals surface area contributed by atoms with E-state index in [1.165, 1.54) is 22.2 Å². The summed E-state index contributed by atoms with van der Waals surface area (Å²) in [5.41, 5.74) is 2.31. The van der Waals surface area contributed by atoms with E-state index in [4.69, 9.17) is 0 Å². The van der Waals surface area contributed by atoms with E-state index in [1.54, 1.807) is 11.3 Å². The Bertz CT molecular complexity index is 906. The third-order valence-corrected chi connectivity index (χ3v) is 6.20. The number of carbonyl (C=O) groups is 1. The molecule has 2 aromatic heterocycles. The van der Waals surface area contributed by atoms with Crippen molar-refractivity contribution in [1.29, 1.82) is 0 Å². The molecule has 0 saturated carbocycles. The summed E-state index contributed by atoms with van der Waals surface area (Å²) < 4.78 is 0. The molecule has 0 fully saturated rings. The normalized spacial score (nSPS) is 12.3. The molecular formula is C19H21N3OS2. The molecule has 1 amide bonds. The zero-order chi connectivity index (χ0) is 18.0. The Kier molecular flexibility index (Phi) is 5.39. The number of carbonyl (C=O) groups excluding carboxylic acids is 1. The molecule has 4 nitrogen and oxygen atoms in total. The third-order valence-electron chi connectivity index (χ3n) is 4.12. The van der Waals surface area contributed by atoms with Crippen LogP contribution in [-0.4, -0.2) is 21.6 Å². The smallest absolute Gasteiger partial charge is 0.230 e. The summed E-state index contributed by atoms with van der Waals surface area (Å²) in [6.07, 6.45) is 0. The fraction of sp³-hybridized carbons (Fsp3) is 0.316. The summed E-state index contributed by atoms with van der Waals surface area (Å²) >= 11 is 3.16. The average molecular weight is 372 g/mol. The molecule has 0 aliphatic rings. The van der Waals surface area contributed by atoms with Crippen LogP contribution in [0.3, 0.4) is 0 Å². The number of hydrogen-bond acceptors (Lipinski definition) is 5. The van der Waals surface area contributed by atoms with Crippen LogP contribution in [0.5, 0.6) is 0 Å². The number of thiophene rings is 1. The molecule has 0 aliphatic heterocycles. The molecule has 0 aliphatic carbocycles. The van der Waals surface area contributed by atoms with Crippen LogP contribution in [0.4, 0.5) is 0 Å². The summed E-state index contributed by atoms with van der Waals surface area (Å²) in [5, 5.41) is 5.03. The van der Waals surface area contributed by atoms with Crippen LogP contribution in [0.15, 0.2) is 35.4 Å². The minimum Gasteiger partial charge on any atom is -0.349 e. The van der Waals surface area contributed by atoms with Crippen LogP contribution >= 0.6 is 23.1 Å². The van der Waals surface area contributed by atoms with E-state index in [0.717, 1.165) is 26.6 Å². The van der Waals surface area contributed by atoms with Crippen LogP contribution in [-0.2, 0) is 4.79 Å². The topological polar surface area (TPSA) is 54.9 Å². The van der Waals surface area contributed by atoms with Crippen LogP contribution in [0.2, 0.25) is 0 Å². The maximum absolute atomic E-state index is 12.3. The van der Waals surface area contributed by atoms with Crippen LogP contribution in [0.1, 0.15) is 34.8 Å². The molecular weight excluding hydrogens is 350 g/mol. The molecule has 3 rings (SSSR count). The van der Waals surface area contributed by atoms with Gasteiger partial charge in [-0.15, -0.1) is 11.3 Å². The average Bonchev–Trinajstić information content (AvgIpc) is 2.87. The Morgan fingerprint density at radius 3 is 2.64 bits per heavy atom. The van der Waals surface area contributed by atoms with Crippen molar-refractivity contribution >= 4 is 39.2 Å². The molecule has 25 heavy (non-hydrogen) atoms. The molecule has 0 bridgehead atoms. The van der Waals surface area contributed by atoms with E-state index < -0.39 is 0 Å². The molecule has 3 aromatic rings. The number of aromatic nitrogens is 2. The van der Waals surface area contributed by atoms with E-state index >= 15 is 0 Å². The highest BCUT2D eigenvalue weighted by Crippen LogP contribution is 2.35. The monoisotopic (exact) mass is 371 g/mol. The number of thioether (sulfide) groups is 1. The van der Waals surface area contributed by atoms with Gasteiger partial charge in [-0.05, 0) is 38.8 Å². The molecule has 1 unspecified atom stereocenters. The first kappa shape index (κ1) is 17.9. The lowest BCUT2D eigenvalue weighted by Crippen LogP contribution is -2.28. The molecule has 0 spiro atoms. The number of benzene rings is 1. The van der Waals surface area contributed by atoms with Crippen molar-refractivity contribution < 1.29 is 4.79 Å². The zero-order valence-electron chi connectivity index (χ0n) is 14.8. The largest absolute Gasteiger partial charge is 0.349 e. The Morgan fingerprint density at radius 2 is 1.92 bits per heavy atom. The SMILES string of the molecule is Cc1nc(SCC(=O)NC(C)c2ccccc2)c2c(C)c(C)sc2n1. The lowest BCUT2D eigenvalue weighted by atomic mass is 10.1. The molecule has 0 radical (unpaired) electrons. The van der Waals surface area contributed by atoms with E-state index in [9.17, 15) is 4.79 Å². The van der Waals surface area contributed by atoms with Gasteiger partial charge in [0.2, 0.25) is 5.91 Å². The first-order valence-electron chi connectivity index (χ1n) is 8.17. The van der Waals surface area contributed by atoms with Gasteiger partial charge in [0, 0.05) is 10.3 Å². The van der Waals surface area contributed by atoms with Gasteiger partial charge in [-0.3, -0.25) is 4.79 Å². The minimum absolute atomic E-state index is 0.00779. The van der Waals surface area contributed by atoms with Crippen LogP contribution < -0.4 is 5.32 Å².